The van der Waals surface area contributed by atoms with Gasteiger partial charge >= 0.3 is 0 Å². The van der Waals surface area contributed by atoms with E-state index in [1.807, 2.05) is 6.07 Å². The molecule has 0 unspecified atom stereocenters. The highest BCUT2D eigenvalue weighted by Gasteiger charge is 2.22. The predicted molar refractivity (Wildman–Crippen MR) is 87.9 cm³/mol. The maximum absolute atomic E-state index is 12.4. The van der Waals surface area contributed by atoms with Crippen molar-refractivity contribution < 1.29 is 22.7 Å². The predicted octanol–water partition coefficient (Wildman–Crippen LogP) is 1.54. The van der Waals surface area contributed by atoms with E-state index in [2.05, 4.69) is 5.32 Å². The van der Waals surface area contributed by atoms with Crippen molar-refractivity contribution in [3.63, 3.8) is 0 Å². The number of nitrogens with zero attached hydrogens (tertiary/aromatic N) is 1. The normalized spacial score (nSPS) is 10.8. The Morgan fingerprint density at radius 2 is 1.92 bits per heavy atom. The van der Waals surface area contributed by atoms with Gasteiger partial charge in [0.25, 0.3) is 5.91 Å². The maximum atomic E-state index is 12.4. The summed E-state index contributed by atoms with van der Waals surface area (Å²) in [6, 6.07) is 5.99. The van der Waals surface area contributed by atoms with Crippen LogP contribution in [0.2, 0.25) is 0 Å². The summed E-state index contributed by atoms with van der Waals surface area (Å²) in [6.45, 7) is 0. The summed E-state index contributed by atoms with van der Waals surface area (Å²) in [4.78, 5) is 12.0. The van der Waals surface area contributed by atoms with Crippen LogP contribution in [-0.2, 0) is 10.0 Å². The quantitative estimate of drug-likeness (QED) is 0.824. The smallest absolute Gasteiger partial charge is 0.267 e. The van der Waals surface area contributed by atoms with E-state index in [1.54, 1.807) is 0 Å². The summed E-state index contributed by atoms with van der Waals surface area (Å²) in [7, 11) is -1.20. The molecule has 0 aliphatic rings. The zero-order valence-electron chi connectivity index (χ0n) is 12.7. The molecular formula is C14H13N3O5S2. The molecule has 1 amide bonds. The Kier molecular flexibility index (Phi) is 5.08. The second-order valence-electron chi connectivity index (χ2n) is 4.48. The summed E-state index contributed by atoms with van der Waals surface area (Å²) in [5.74, 6) is -0.0595. The van der Waals surface area contributed by atoms with Crippen molar-refractivity contribution in [2.24, 2.45) is 5.14 Å². The first-order valence-electron chi connectivity index (χ1n) is 6.39. The largest absolute Gasteiger partial charge is 0.493 e. The highest BCUT2D eigenvalue weighted by Crippen LogP contribution is 2.33. The van der Waals surface area contributed by atoms with Crippen molar-refractivity contribution in [3.05, 3.63) is 34.0 Å². The fraction of sp³-hybridized carbons (Fsp3) is 0.143. The molecule has 8 nitrogen and oxygen atoms in total. The summed E-state index contributed by atoms with van der Waals surface area (Å²) in [6.07, 6.45) is 0. The number of sulfonamides is 1. The zero-order valence-corrected chi connectivity index (χ0v) is 14.3. The lowest BCUT2D eigenvalue weighted by Gasteiger charge is -2.12. The van der Waals surface area contributed by atoms with E-state index in [0.29, 0.717) is 11.5 Å². The Hall–Kier alpha value is -2.61. The Labute approximate surface area is 142 Å². The Morgan fingerprint density at radius 3 is 2.46 bits per heavy atom. The number of rotatable bonds is 5. The highest BCUT2D eigenvalue weighted by molar-refractivity contribution is 7.89. The van der Waals surface area contributed by atoms with Gasteiger partial charge in [0.1, 0.15) is 15.8 Å². The SMILES string of the molecule is COc1cc(C#N)c(NC(=O)c2sccc2S(N)(=O)=O)cc1OC. The van der Waals surface area contributed by atoms with Crippen molar-refractivity contribution in [2.45, 2.75) is 4.90 Å². The van der Waals surface area contributed by atoms with Crippen LogP contribution in [0.5, 0.6) is 11.5 Å². The van der Waals surface area contributed by atoms with Gasteiger partial charge in [-0.2, -0.15) is 5.26 Å². The number of ether oxygens (including phenoxy) is 2. The first-order valence-corrected chi connectivity index (χ1v) is 8.82. The van der Waals surface area contributed by atoms with E-state index in [9.17, 15) is 18.5 Å². The molecule has 0 saturated carbocycles. The lowest BCUT2D eigenvalue weighted by molar-refractivity contribution is 0.102. The Morgan fingerprint density at radius 1 is 1.29 bits per heavy atom. The first-order chi connectivity index (χ1) is 11.3. The average molecular weight is 367 g/mol. The molecule has 0 bridgehead atoms. The van der Waals surface area contributed by atoms with Crippen LogP contribution < -0.4 is 19.9 Å². The summed E-state index contributed by atoms with van der Waals surface area (Å²) < 4.78 is 33.2. The van der Waals surface area contributed by atoms with E-state index < -0.39 is 15.9 Å². The van der Waals surface area contributed by atoms with Crippen LogP contribution in [0.15, 0.2) is 28.5 Å². The molecule has 10 heteroatoms. The number of nitriles is 1. The van der Waals surface area contributed by atoms with Gasteiger partial charge in [-0.3, -0.25) is 4.79 Å². The van der Waals surface area contributed by atoms with E-state index in [1.165, 1.54) is 37.8 Å². The molecule has 0 aliphatic carbocycles. The molecule has 1 aromatic heterocycles. The number of anilines is 1. The number of hydrogen-bond donors (Lipinski definition) is 2. The maximum Gasteiger partial charge on any atom is 0.267 e. The van der Waals surface area contributed by atoms with Crippen molar-refractivity contribution >= 4 is 33.0 Å². The minimum Gasteiger partial charge on any atom is -0.493 e. The summed E-state index contributed by atoms with van der Waals surface area (Å²) >= 11 is 0.925. The molecule has 2 aromatic rings. The third kappa shape index (κ3) is 3.48. The van der Waals surface area contributed by atoms with E-state index >= 15 is 0 Å². The molecule has 0 atom stereocenters. The average Bonchev–Trinajstić information content (AvgIpc) is 3.04. The minimum atomic E-state index is -4.03. The second kappa shape index (κ2) is 6.88. The van der Waals surface area contributed by atoms with Crippen molar-refractivity contribution in [2.75, 3.05) is 19.5 Å². The molecular weight excluding hydrogens is 354 g/mol. The fourth-order valence-corrected chi connectivity index (χ4v) is 3.81. The van der Waals surface area contributed by atoms with Gasteiger partial charge in [0.05, 0.1) is 25.5 Å². The molecule has 0 radical (unpaired) electrons. The number of hydrogen-bond acceptors (Lipinski definition) is 7. The van der Waals surface area contributed by atoms with Crippen molar-refractivity contribution in [3.8, 4) is 17.6 Å². The Bertz CT molecular complexity index is 928. The number of nitrogens with two attached hydrogens (primary N) is 1. The van der Waals surface area contributed by atoms with Crippen LogP contribution >= 0.6 is 11.3 Å². The zero-order chi connectivity index (χ0) is 17.9. The number of nitrogens with one attached hydrogen (secondary N) is 1. The van der Waals surface area contributed by atoms with Crippen molar-refractivity contribution in [1.29, 1.82) is 5.26 Å². The number of carbonyl (C=O) groups excluding carboxylic acids is 1. The molecule has 0 fully saturated rings. The number of methoxy groups -OCH3 is 2. The van der Waals surface area contributed by atoms with Gasteiger partial charge in [0.2, 0.25) is 10.0 Å². The number of primary sulfonamides is 1. The van der Waals surface area contributed by atoms with Crippen LogP contribution in [0.1, 0.15) is 15.2 Å². The molecule has 1 heterocycles. The molecule has 1 aromatic carbocycles. The molecule has 126 valence electrons. The molecule has 24 heavy (non-hydrogen) atoms. The van der Waals surface area contributed by atoms with E-state index in [4.69, 9.17) is 14.6 Å². The number of carbonyl (C=O) groups is 1. The van der Waals surface area contributed by atoms with Gasteiger partial charge in [-0.15, -0.1) is 11.3 Å². The number of amides is 1. The van der Waals surface area contributed by atoms with Gasteiger partial charge in [-0.05, 0) is 11.4 Å². The standard InChI is InChI=1S/C14H13N3O5S2/c1-21-10-5-8(7-15)9(6-11(10)22-2)17-14(18)13-12(3-4-23-13)24(16,19)20/h3-6H,1-2H3,(H,17,18)(H2,16,19,20). The second-order valence-corrected chi connectivity index (χ2v) is 6.92. The number of benzene rings is 1. The summed E-state index contributed by atoms with van der Waals surface area (Å²) in [5, 5.41) is 18.2. The summed E-state index contributed by atoms with van der Waals surface area (Å²) in [5.41, 5.74) is 0.295. The highest BCUT2D eigenvalue weighted by atomic mass is 32.2. The van der Waals surface area contributed by atoms with Crippen LogP contribution in [0, 0.1) is 11.3 Å². The van der Waals surface area contributed by atoms with Gasteiger partial charge in [-0.1, -0.05) is 0 Å². The topological polar surface area (TPSA) is 132 Å². The fourth-order valence-electron chi connectivity index (χ4n) is 1.94. The number of thiophene rings is 1. The van der Waals surface area contributed by atoms with Crippen molar-refractivity contribution in [1.82, 2.24) is 0 Å². The first kappa shape index (κ1) is 17.7. The van der Waals surface area contributed by atoms with E-state index in [0.717, 1.165) is 11.3 Å². The molecule has 3 N–H and O–H groups in total. The van der Waals surface area contributed by atoms with Crippen LogP contribution in [0.3, 0.4) is 0 Å². The van der Waals surface area contributed by atoms with Crippen LogP contribution in [0.25, 0.3) is 0 Å². The monoisotopic (exact) mass is 367 g/mol. The lowest BCUT2D eigenvalue weighted by atomic mass is 10.1. The van der Waals surface area contributed by atoms with Gasteiger partial charge in [0.15, 0.2) is 11.5 Å². The molecule has 0 aliphatic heterocycles. The lowest BCUT2D eigenvalue weighted by Crippen LogP contribution is -2.18. The van der Waals surface area contributed by atoms with Gasteiger partial charge < -0.3 is 14.8 Å². The molecule has 0 saturated heterocycles. The van der Waals surface area contributed by atoms with Crippen LogP contribution in [-0.4, -0.2) is 28.5 Å². The third-order valence-corrected chi connectivity index (χ3v) is 5.03. The minimum absolute atomic E-state index is 0.0730. The van der Waals surface area contributed by atoms with Gasteiger partial charge in [-0.25, -0.2) is 13.6 Å². The molecule has 2 rings (SSSR count). The van der Waals surface area contributed by atoms with Crippen LogP contribution in [0.4, 0.5) is 5.69 Å². The third-order valence-electron chi connectivity index (χ3n) is 3.03. The van der Waals surface area contributed by atoms with E-state index in [-0.39, 0.29) is 21.0 Å². The Balaban J connectivity index is 2.43. The molecule has 0 spiro atoms. The van der Waals surface area contributed by atoms with Gasteiger partial charge in [0, 0.05) is 12.1 Å².